The molecule has 0 fully saturated rings. The summed E-state index contributed by atoms with van der Waals surface area (Å²) >= 11 is 0. The summed E-state index contributed by atoms with van der Waals surface area (Å²) in [6.07, 6.45) is 2.26. The molecule has 0 radical (unpaired) electrons. The van der Waals surface area contributed by atoms with Gasteiger partial charge in [0, 0.05) is 28.7 Å². The number of fused-ring (bicyclic) bond motifs is 2. The van der Waals surface area contributed by atoms with Crippen LogP contribution in [-0.2, 0) is 27.2 Å². The van der Waals surface area contributed by atoms with Crippen LogP contribution >= 0.6 is 0 Å². The number of hydrogen-bond acceptors (Lipinski definition) is 5. The number of nitrogens with zero attached hydrogens (tertiary/aromatic N) is 1. The van der Waals surface area contributed by atoms with Gasteiger partial charge >= 0.3 is 5.97 Å². The van der Waals surface area contributed by atoms with Crippen LogP contribution in [0, 0.1) is 0 Å². The highest BCUT2D eigenvalue weighted by Gasteiger charge is 2.31. The van der Waals surface area contributed by atoms with E-state index in [-0.39, 0.29) is 30.7 Å². The first-order valence-electron chi connectivity index (χ1n) is 8.77. The Morgan fingerprint density at radius 3 is 2.93 bits per heavy atom. The van der Waals surface area contributed by atoms with Gasteiger partial charge in [-0.3, -0.25) is 9.59 Å². The first-order chi connectivity index (χ1) is 13.0. The van der Waals surface area contributed by atoms with Gasteiger partial charge in [0.15, 0.2) is 6.61 Å². The maximum absolute atomic E-state index is 12.6. The van der Waals surface area contributed by atoms with E-state index in [4.69, 9.17) is 9.15 Å². The van der Waals surface area contributed by atoms with Crippen molar-refractivity contribution in [2.24, 2.45) is 0 Å². The van der Waals surface area contributed by atoms with Gasteiger partial charge in [-0.05, 0) is 37.1 Å². The summed E-state index contributed by atoms with van der Waals surface area (Å²) in [5.41, 5.74) is 3.16. The molecule has 0 saturated heterocycles. The van der Waals surface area contributed by atoms with Crippen molar-refractivity contribution in [3.05, 3.63) is 59.9 Å². The fourth-order valence-electron chi connectivity index (χ4n) is 3.57. The third-order valence-electron chi connectivity index (χ3n) is 4.81. The maximum Gasteiger partial charge on any atom is 0.310 e. The van der Waals surface area contributed by atoms with E-state index in [1.54, 1.807) is 11.0 Å². The number of hydrogen-bond donors (Lipinski definition) is 1. The summed E-state index contributed by atoms with van der Waals surface area (Å²) in [5, 5.41) is 10.2. The van der Waals surface area contributed by atoms with E-state index in [1.807, 2.05) is 31.2 Å². The lowest BCUT2D eigenvalue weighted by Crippen LogP contribution is -2.38. The number of amides is 1. The van der Waals surface area contributed by atoms with Crippen molar-refractivity contribution >= 4 is 28.5 Å². The van der Waals surface area contributed by atoms with Crippen LogP contribution in [-0.4, -0.2) is 29.6 Å². The quantitative estimate of drug-likeness (QED) is 0.718. The average Bonchev–Trinajstić information content (AvgIpc) is 3.19. The van der Waals surface area contributed by atoms with E-state index < -0.39 is 5.97 Å². The first-order valence-corrected chi connectivity index (χ1v) is 8.77. The summed E-state index contributed by atoms with van der Waals surface area (Å²) in [5.74, 6) is -0.640. The zero-order valence-electron chi connectivity index (χ0n) is 14.8. The zero-order chi connectivity index (χ0) is 19.0. The summed E-state index contributed by atoms with van der Waals surface area (Å²) < 4.78 is 10.6. The number of carbonyl (C=O) groups excluding carboxylic acids is 2. The molecule has 4 rings (SSSR count). The molecule has 1 aliphatic rings. The topological polar surface area (TPSA) is 80.0 Å². The molecule has 27 heavy (non-hydrogen) atoms. The molecule has 1 aromatic heterocycles. The molecule has 0 saturated carbocycles. The number of benzene rings is 2. The first kappa shape index (κ1) is 17.1. The van der Waals surface area contributed by atoms with Crippen molar-refractivity contribution in [2.45, 2.75) is 25.8 Å². The molecule has 1 amide bonds. The van der Waals surface area contributed by atoms with Crippen molar-refractivity contribution in [1.82, 2.24) is 0 Å². The molecule has 6 nitrogen and oxygen atoms in total. The Kier molecular flexibility index (Phi) is 4.32. The van der Waals surface area contributed by atoms with Gasteiger partial charge in [0.2, 0.25) is 0 Å². The molecule has 0 aliphatic carbocycles. The number of esters is 1. The number of aromatic hydroxyl groups is 1. The fourth-order valence-corrected chi connectivity index (χ4v) is 3.57. The Hall–Kier alpha value is -3.28. The van der Waals surface area contributed by atoms with Crippen molar-refractivity contribution < 1.29 is 23.8 Å². The van der Waals surface area contributed by atoms with Crippen LogP contribution in [0.5, 0.6) is 5.75 Å². The van der Waals surface area contributed by atoms with Gasteiger partial charge < -0.3 is 19.2 Å². The number of ether oxygens (including phenoxy) is 1. The molecule has 0 spiro atoms. The van der Waals surface area contributed by atoms with E-state index >= 15 is 0 Å². The lowest BCUT2D eigenvalue weighted by Gasteiger charge is -2.22. The predicted octanol–water partition coefficient (Wildman–Crippen LogP) is 3.20. The van der Waals surface area contributed by atoms with Gasteiger partial charge in [0.25, 0.3) is 5.91 Å². The minimum Gasteiger partial charge on any atom is -0.508 e. The maximum atomic E-state index is 12.6. The molecular weight excluding hydrogens is 346 g/mol. The third-order valence-corrected chi connectivity index (χ3v) is 4.81. The molecule has 2 heterocycles. The molecule has 0 bridgehead atoms. The number of anilines is 1. The van der Waals surface area contributed by atoms with Gasteiger partial charge in [-0.25, -0.2) is 0 Å². The summed E-state index contributed by atoms with van der Waals surface area (Å²) in [6.45, 7) is 1.68. The fraction of sp³-hybridized carbons (Fsp3) is 0.238. The van der Waals surface area contributed by atoms with E-state index in [9.17, 15) is 14.7 Å². The average molecular weight is 365 g/mol. The molecule has 138 valence electrons. The van der Waals surface area contributed by atoms with Crippen LogP contribution in [0.15, 0.2) is 53.1 Å². The Labute approximate surface area is 156 Å². The van der Waals surface area contributed by atoms with Crippen LogP contribution in [0.25, 0.3) is 11.0 Å². The zero-order valence-corrected chi connectivity index (χ0v) is 14.8. The number of phenolic OH excluding ortho intramolecular Hbond substituents is 1. The van der Waals surface area contributed by atoms with Crippen LogP contribution in [0.1, 0.15) is 18.1 Å². The number of para-hydroxylation sites is 1. The van der Waals surface area contributed by atoms with Gasteiger partial charge in [-0.1, -0.05) is 18.2 Å². The Morgan fingerprint density at radius 1 is 1.26 bits per heavy atom. The summed E-state index contributed by atoms with van der Waals surface area (Å²) in [6, 6.07) is 12.5. The molecule has 6 heteroatoms. The second kappa shape index (κ2) is 6.79. The smallest absolute Gasteiger partial charge is 0.310 e. The molecule has 1 atom stereocenters. The van der Waals surface area contributed by atoms with Crippen molar-refractivity contribution in [3.8, 4) is 5.75 Å². The van der Waals surface area contributed by atoms with Crippen molar-refractivity contribution in [1.29, 1.82) is 0 Å². The van der Waals surface area contributed by atoms with Gasteiger partial charge in [-0.15, -0.1) is 0 Å². The highest BCUT2D eigenvalue weighted by Crippen LogP contribution is 2.31. The monoisotopic (exact) mass is 365 g/mol. The number of phenols is 1. The molecule has 2 aromatic carbocycles. The highest BCUT2D eigenvalue weighted by atomic mass is 16.5. The molecule has 1 aliphatic heterocycles. The van der Waals surface area contributed by atoms with Crippen LogP contribution in [0.2, 0.25) is 0 Å². The molecule has 1 N–H and O–H groups in total. The molecule has 0 unspecified atom stereocenters. The number of rotatable bonds is 4. The highest BCUT2D eigenvalue weighted by molar-refractivity contribution is 5.98. The Balaban J connectivity index is 1.40. The Morgan fingerprint density at radius 2 is 2.07 bits per heavy atom. The van der Waals surface area contributed by atoms with Crippen LogP contribution in [0.4, 0.5) is 5.69 Å². The molecular formula is C21H19NO5. The van der Waals surface area contributed by atoms with Gasteiger partial charge in [0.1, 0.15) is 11.3 Å². The predicted molar refractivity (Wildman–Crippen MR) is 99.6 cm³/mol. The van der Waals surface area contributed by atoms with E-state index in [2.05, 4.69) is 0 Å². The number of furan rings is 1. The van der Waals surface area contributed by atoms with E-state index in [1.165, 1.54) is 18.4 Å². The van der Waals surface area contributed by atoms with Crippen molar-refractivity contribution in [3.63, 3.8) is 0 Å². The minimum absolute atomic E-state index is 0.00278. The van der Waals surface area contributed by atoms with Crippen molar-refractivity contribution in [2.75, 3.05) is 11.5 Å². The minimum atomic E-state index is -0.501. The lowest BCUT2D eigenvalue weighted by atomic mass is 10.1. The summed E-state index contributed by atoms with van der Waals surface area (Å²) in [7, 11) is 0. The van der Waals surface area contributed by atoms with E-state index in [0.29, 0.717) is 11.1 Å². The van der Waals surface area contributed by atoms with Gasteiger partial charge in [-0.2, -0.15) is 0 Å². The second-order valence-electron chi connectivity index (χ2n) is 6.72. The molecule has 3 aromatic rings. The standard InChI is InChI=1S/C21H19NO5/c1-13-8-14-4-2-3-5-18(14)22(13)20(24)12-27-21(25)9-15-11-26-19-10-16(23)6-7-17(15)19/h2-7,10-11,13,23H,8-9,12H2,1H3/t13-/m0/s1. The summed E-state index contributed by atoms with van der Waals surface area (Å²) in [4.78, 5) is 26.5. The largest absolute Gasteiger partial charge is 0.508 e. The number of carbonyl (C=O) groups is 2. The van der Waals surface area contributed by atoms with Gasteiger partial charge in [0.05, 0.1) is 12.7 Å². The van der Waals surface area contributed by atoms with Crippen LogP contribution < -0.4 is 4.90 Å². The van der Waals surface area contributed by atoms with Crippen LogP contribution in [0.3, 0.4) is 0 Å². The normalized spacial score (nSPS) is 15.7. The second-order valence-corrected chi connectivity index (χ2v) is 6.72. The van der Waals surface area contributed by atoms with E-state index in [0.717, 1.165) is 23.1 Å². The lowest BCUT2D eigenvalue weighted by molar-refractivity contribution is -0.147. The Bertz CT molecular complexity index is 1020. The third kappa shape index (κ3) is 3.26. The SMILES string of the molecule is C[C@H]1Cc2ccccc2N1C(=O)COC(=O)Cc1coc2cc(O)ccc12.